The van der Waals surface area contributed by atoms with Crippen molar-refractivity contribution in [2.24, 2.45) is 0 Å². The summed E-state index contributed by atoms with van der Waals surface area (Å²) in [7, 11) is 0. The number of thiocarbonyl (C=S) groups is 1. The molecule has 0 saturated carbocycles. The van der Waals surface area contributed by atoms with Gasteiger partial charge in [0.15, 0.2) is 5.11 Å². The second-order valence-electron chi connectivity index (χ2n) is 11.3. The molecule has 1 saturated heterocycles. The lowest BCUT2D eigenvalue weighted by molar-refractivity contribution is -0.120. The quantitative estimate of drug-likeness (QED) is 0.122. The van der Waals surface area contributed by atoms with Crippen LogP contribution in [0.4, 0.5) is 11.4 Å². The van der Waals surface area contributed by atoms with E-state index in [0.717, 1.165) is 27.4 Å². The van der Waals surface area contributed by atoms with E-state index in [9.17, 15) is 9.59 Å². The molecule has 43 heavy (non-hydrogen) atoms. The first-order valence-electron chi connectivity index (χ1n) is 14.1. The van der Waals surface area contributed by atoms with Gasteiger partial charge in [0, 0.05) is 21.8 Å². The average Bonchev–Trinajstić information content (AvgIpc) is 3.60. The van der Waals surface area contributed by atoms with Crippen LogP contribution < -0.4 is 9.80 Å². The number of aromatic nitrogens is 1. The molecule has 4 aromatic carbocycles. The number of anilines is 2. The molecule has 8 rings (SSSR count). The molecule has 4 heterocycles. The minimum atomic E-state index is -0.501. The number of carbonyl (C=O) groups excluding carboxylic acids is 2. The highest BCUT2D eigenvalue weighted by Gasteiger charge is 2.42. The van der Waals surface area contributed by atoms with E-state index in [1.807, 2.05) is 54.6 Å². The topological polar surface area (TPSA) is 58.7 Å². The van der Waals surface area contributed by atoms with E-state index in [1.165, 1.54) is 15.4 Å². The highest BCUT2D eigenvalue weighted by Crippen LogP contribution is 2.48. The number of rotatable bonds is 3. The van der Waals surface area contributed by atoms with Crippen LogP contribution in [0.5, 0.6) is 0 Å². The first kappa shape index (κ1) is 25.4. The number of para-hydroxylation sites is 4. The Labute approximate surface area is 253 Å². The summed E-state index contributed by atoms with van der Waals surface area (Å²) in [5.74, 6) is 0.105. The van der Waals surface area contributed by atoms with Crippen molar-refractivity contribution in [3.05, 3.63) is 132 Å². The number of furan rings is 1. The smallest absolute Gasteiger partial charge is 0.270 e. The van der Waals surface area contributed by atoms with Crippen LogP contribution in [0.1, 0.15) is 30.7 Å². The van der Waals surface area contributed by atoms with Crippen LogP contribution in [-0.4, -0.2) is 21.5 Å². The summed E-state index contributed by atoms with van der Waals surface area (Å²) in [5.41, 5.74) is 5.05. The normalized spacial score (nSPS) is 15.9. The van der Waals surface area contributed by atoms with Crippen molar-refractivity contribution in [3.8, 4) is 5.88 Å². The molecule has 0 atom stereocenters. The molecular weight excluding hydrogens is 554 g/mol. The van der Waals surface area contributed by atoms with Gasteiger partial charge in [-0.05, 0) is 60.3 Å². The molecule has 2 aromatic heterocycles. The van der Waals surface area contributed by atoms with E-state index in [0.29, 0.717) is 23.0 Å². The Morgan fingerprint density at radius 1 is 0.698 bits per heavy atom. The maximum Gasteiger partial charge on any atom is 0.270 e. The Morgan fingerprint density at radius 2 is 1.28 bits per heavy atom. The lowest BCUT2D eigenvalue weighted by Gasteiger charge is -2.36. The van der Waals surface area contributed by atoms with E-state index in [4.69, 9.17) is 16.6 Å². The van der Waals surface area contributed by atoms with Gasteiger partial charge in [0.1, 0.15) is 11.3 Å². The maximum atomic E-state index is 14.0. The third-order valence-corrected chi connectivity index (χ3v) is 8.91. The van der Waals surface area contributed by atoms with E-state index in [-0.39, 0.29) is 16.1 Å². The summed E-state index contributed by atoms with van der Waals surface area (Å²) in [6.07, 6.45) is 1.56. The molecule has 208 valence electrons. The van der Waals surface area contributed by atoms with Gasteiger partial charge in [-0.25, -0.2) is 0 Å². The van der Waals surface area contributed by atoms with E-state index < -0.39 is 11.8 Å². The fraction of sp³-hybridized carbons (Fsp3) is 0.0833. The Morgan fingerprint density at radius 3 is 1.93 bits per heavy atom. The predicted molar refractivity (Wildman–Crippen MR) is 174 cm³/mol. The van der Waals surface area contributed by atoms with Crippen LogP contribution >= 0.6 is 12.2 Å². The van der Waals surface area contributed by atoms with E-state index in [2.05, 4.69) is 48.7 Å². The molecule has 0 radical (unpaired) electrons. The molecule has 0 bridgehead atoms. The van der Waals surface area contributed by atoms with Gasteiger partial charge in [-0.1, -0.05) is 86.6 Å². The molecule has 2 amide bonds. The summed E-state index contributed by atoms with van der Waals surface area (Å²) in [5, 5.41) is 2.40. The zero-order valence-corrected chi connectivity index (χ0v) is 24.3. The number of amides is 2. The van der Waals surface area contributed by atoms with Crippen molar-refractivity contribution in [3.63, 3.8) is 0 Å². The summed E-state index contributed by atoms with van der Waals surface area (Å²) in [6.45, 7) is 4.36. The summed E-state index contributed by atoms with van der Waals surface area (Å²) in [6, 6.07) is 34.9. The van der Waals surface area contributed by atoms with E-state index >= 15 is 0 Å². The fourth-order valence-corrected chi connectivity index (χ4v) is 6.82. The maximum absolute atomic E-state index is 14.0. The molecule has 0 N–H and O–H groups in total. The highest BCUT2D eigenvalue weighted by atomic mass is 32.1. The standard InChI is InChI=1S/C36H25N3O3S/c1-36(2)28-18-11-17-26-25-16-9-10-19-30(25)39(31(26)28)34-29(36)21-24(42-34)20-27-32(40)37(22-12-5-3-6-13-22)35(43)38(33(27)41)23-14-7-4-8-15-23/h3-21H,1-2H3. The number of nitrogens with zero attached hydrogens (tertiary/aromatic N) is 3. The fourth-order valence-electron chi connectivity index (χ4n) is 6.45. The minimum Gasteiger partial charge on any atom is -0.440 e. The predicted octanol–water partition coefficient (Wildman–Crippen LogP) is 7.76. The van der Waals surface area contributed by atoms with Crippen molar-refractivity contribution in [2.45, 2.75) is 19.3 Å². The van der Waals surface area contributed by atoms with Gasteiger partial charge in [0.25, 0.3) is 11.8 Å². The van der Waals surface area contributed by atoms with Crippen LogP contribution in [0.15, 0.2) is 119 Å². The van der Waals surface area contributed by atoms with Crippen molar-refractivity contribution in [1.82, 2.24) is 4.57 Å². The summed E-state index contributed by atoms with van der Waals surface area (Å²) in [4.78, 5) is 30.9. The molecule has 1 fully saturated rings. The molecule has 0 unspecified atom stereocenters. The zero-order chi connectivity index (χ0) is 29.5. The lowest BCUT2D eigenvalue weighted by Crippen LogP contribution is -2.56. The first-order valence-corrected chi connectivity index (χ1v) is 14.5. The Hall–Kier alpha value is -5.27. The zero-order valence-electron chi connectivity index (χ0n) is 23.4. The molecule has 2 aliphatic heterocycles. The Kier molecular flexibility index (Phi) is 5.39. The molecule has 6 nitrogen and oxygen atoms in total. The lowest BCUT2D eigenvalue weighted by atomic mass is 9.76. The largest absolute Gasteiger partial charge is 0.440 e. The van der Waals surface area contributed by atoms with Gasteiger partial charge >= 0.3 is 0 Å². The number of hydrogen-bond acceptors (Lipinski definition) is 4. The number of benzene rings is 4. The molecular formula is C36H25N3O3S. The van der Waals surface area contributed by atoms with Crippen LogP contribution in [0.2, 0.25) is 0 Å². The third kappa shape index (κ3) is 3.55. The van der Waals surface area contributed by atoms with Gasteiger partial charge in [-0.3, -0.25) is 24.0 Å². The Bertz CT molecular complexity index is 2110. The van der Waals surface area contributed by atoms with Crippen LogP contribution in [0.3, 0.4) is 0 Å². The summed E-state index contributed by atoms with van der Waals surface area (Å²) >= 11 is 5.75. The first-order chi connectivity index (χ1) is 20.9. The number of carbonyl (C=O) groups is 2. The molecule has 0 aliphatic carbocycles. The van der Waals surface area contributed by atoms with Crippen molar-refractivity contribution in [2.75, 3.05) is 9.80 Å². The minimum absolute atomic E-state index is 0.0368. The third-order valence-electron chi connectivity index (χ3n) is 8.54. The number of fused-ring (bicyclic) bond motifs is 5. The van der Waals surface area contributed by atoms with E-state index in [1.54, 1.807) is 30.3 Å². The summed E-state index contributed by atoms with van der Waals surface area (Å²) < 4.78 is 8.74. The molecule has 0 spiro atoms. The van der Waals surface area contributed by atoms with Gasteiger partial charge in [0.05, 0.1) is 22.4 Å². The molecule has 2 aliphatic rings. The van der Waals surface area contributed by atoms with Gasteiger partial charge < -0.3 is 4.42 Å². The number of hydrogen-bond donors (Lipinski definition) is 0. The second-order valence-corrected chi connectivity index (χ2v) is 11.7. The van der Waals surface area contributed by atoms with Gasteiger partial charge in [-0.15, -0.1) is 0 Å². The molecule has 7 heteroatoms. The van der Waals surface area contributed by atoms with Gasteiger partial charge in [0.2, 0.25) is 5.88 Å². The average molecular weight is 580 g/mol. The van der Waals surface area contributed by atoms with Crippen LogP contribution in [0, 0.1) is 0 Å². The van der Waals surface area contributed by atoms with Crippen molar-refractivity contribution in [1.29, 1.82) is 0 Å². The van der Waals surface area contributed by atoms with Crippen molar-refractivity contribution >= 4 is 68.4 Å². The van der Waals surface area contributed by atoms with Crippen molar-refractivity contribution < 1.29 is 14.0 Å². The Balaban J connectivity index is 1.33. The molecule has 6 aromatic rings. The monoisotopic (exact) mass is 579 g/mol. The second kappa shape index (κ2) is 9.11. The van der Waals surface area contributed by atoms with Crippen LogP contribution in [-0.2, 0) is 15.0 Å². The SMILES string of the molecule is CC1(C)c2cc(C=C3C(=O)N(c4ccccc4)C(=S)N(c4ccccc4)C3=O)oc2-n2c3ccccc3c3cccc1c32. The van der Waals surface area contributed by atoms with Crippen LogP contribution in [0.25, 0.3) is 33.8 Å². The highest BCUT2D eigenvalue weighted by molar-refractivity contribution is 7.81. The van der Waals surface area contributed by atoms with Gasteiger partial charge in [-0.2, -0.15) is 0 Å².